The van der Waals surface area contributed by atoms with Gasteiger partial charge in [-0.05, 0) is 37.9 Å². The van der Waals surface area contributed by atoms with Crippen molar-refractivity contribution in [3.63, 3.8) is 0 Å². The minimum absolute atomic E-state index is 0.00632. The van der Waals surface area contributed by atoms with Gasteiger partial charge >= 0.3 is 24.3 Å². The maximum Gasteiger partial charge on any atom is 0.490 e. The number of nitrogens with zero attached hydrogens (tertiary/aromatic N) is 5. The van der Waals surface area contributed by atoms with E-state index in [1.165, 1.54) is 12.8 Å². The van der Waals surface area contributed by atoms with Crippen molar-refractivity contribution < 1.29 is 50.9 Å². The lowest BCUT2D eigenvalue weighted by Crippen LogP contribution is -2.45. The van der Waals surface area contributed by atoms with Gasteiger partial charge in [-0.15, -0.1) is 0 Å². The van der Waals surface area contributed by atoms with Gasteiger partial charge < -0.3 is 15.1 Å². The molecule has 0 bridgehead atoms. The summed E-state index contributed by atoms with van der Waals surface area (Å²) in [5, 5.41) is 14.2. The zero-order valence-corrected chi connectivity index (χ0v) is 20.3. The minimum Gasteiger partial charge on any atom is -0.475 e. The van der Waals surface area contributed by atoms with Crippen LogP contribution in [0.25, 0.3) is 0 Å². The van der Waals surface area contributed by atoms with Crippen LogP contribution in [0.15, 0.2) is 43.0 Å². The van der Waals surface area contributed by atoms with Crippen LogP contribution in [0.2, 0.25) is 0 Å². The second-order valence-electron chi connectivity index (χ2n) is 8.81. The van der Waals surface area contributed by atoms with Crippen molar-refractivity contribution in [2.45, 2.75) is 38.2 Å². The molecule has 2 fully saturated rings. The van der Waals surface area contributed by atoms with Crippen LogP contribution in [0.1, 0.15) is 35.4 Å². The highest BCUT2D eigenvalue weighted by Crippen LogP contribution is 2.39. The summed E-state index contributed by atoms with van der Waals surface area (Å²) in [4.78, 5) is 47.5. The lowest BCUT2D eigenvalue weighted by atomic mass is 9.79. The fourth-order valence-electron chi connectivity index (χ4n) is 4.18. The summed E-state index contributed by atoms with van der Waals surface area (Å²) >= 11 is 0. The van der Waals surface area contributed by atoms with Gasteiger partial charge in [0.2, 0.25) is 0 Å². The van der Waals surface area contributed by atoms with Crippen molar-refractivity contribution in [1.82, 2.24) is 24.8 Å². The van der Waals surface area contributed by atoms with Crippen molar-refractivity contribution in [3.8, 4) is 0 Å². The van der Waals surface area contributed by atoms with Crippen LogP contribution < -0.4 is 0 Å². The Morgan fingerprint density at radius 1 is 0.872 bits per heavy atom. The number of hydrogen-bond acceptors (Lipinski definition) is 7. The Morgan fingerprint density at radius 3 is 2.03 bits per heavy atom. The average Bonchev–Trinajstić information content (AvgIpc) is 3.27. The highest BCUT2D eigenvalue weighted by molar-refractivity contribution is 5.92. The summed E-state index contributed by atoms with van der Waals surface area (Å²) in [6.45, 7) is 4.67. The smallest absolute Gasteiger partial charge is 0.475 e. The van der Waals surface area contributed by atoms with Gasteiger partial charge in [-0.1, -0.05) is 6.07 Å². The molecular weight excluding hydrogens is 540 g/mol. The van der Waals surface area contributed by atoms with E-state index in [-0.39, 0.29) is 11.3 Å². The Labute approximate surface area is 218 Å². The number of aromatic nitrogens is 3. The van der Waals surface area contributed by atoms with Crippen LogP contribution in [0, 0.1) is 5.41 Å². The largest absolute Gasteiger partial charge is 0.490 e. The number of carboxylic acid groups (broad SMARTS) is 2. The highest BCUT2D eigenvalue weighted by atomic mass is 19.4. The van der Waals surface area contributed by atoms with E-state index in [1.807, 2.05) is 23.2 Å². The summed E-state index contributed by atoms with van der Waals surface area (Å²) in [5.41, 5.74) is 1.77. The number of amides is 1. The van der Waals surface area contributed by atoms with Gasteiger partial charge in [-0.25, -0.2) is 14.6 Å². The number of carbonyl (C=O) groups excluding carboxylic acids is 1. The Bertz CT molecular complexity index is 1080. The molecule has 0 aliphatic carbocycles. The van der Waals surface area contributed by atoms with E-state index in [9.17, 15) is 31.1 Å². The third kappa shape index (κ3) is 10.1. The molecule has 0 radical (unpaired) electrons. The molecule has 2 aromatic heterocycles. The van der Waals surface area contributed by atoms with Gasteiger partial charge in [0.25, 0.3) is 5.91 Å². The van der Waals surface area contributed by atoms with E-state index in [0.29, 0.717) is 5.69 Å². The molecule has 1 amide bonds. The predicted molar refractivity (Wildman–Crippen MR) is 121 cm³/mol. The maximum atomic E-state index is 12.6. The van der Waals surface area contributed by atoms with Gasteiger partial charge in [0, 0.05) is 50.2 Å². The van der Waals surface area contributed by atoms with Crippen LogP contribution in [0.5, 0.6) is 0 Å². The highest BCUT2D eigenvalue weighted by Gasteiger charge is 2.43. The molecule has 1 atom stereocenters. The fourth-order valence-corrected chi connectivity index (χ4v) is 4.18. The normalized spacial score (nSPS) is 19.4. The molecular formula is C23H25F6N5O5. The van der Waals surface area contributed by atoms with E-state index >= 15 is 0 Å². The molecule has 1 spiro atoms. The van der Waals surface area contributed by atoms with E-state index < -0.39 is 24.3 Å². The van der Waals surface area contributed by atoms with Crippen LogP contribution in [0.3, 0.4) is 0 Å². The molecule has 10 nitrogen and oxygen atoms in total. The molecule has 0 saturated carbocycles. The molecule has 16 heteroatoms. The molecule has 2 aliphatic heterocycles. The number of likely N-dealkylation sites (tertiary alicyclic amines) is 2. The first-order valence-corrected chi connectivity index (χ1v) is 11.4. The van der Waals surface area contributed by atoms with Crippen LogP contribution in [-0.2, 0) is 16.1 Å². The third-order valence-electron chi connectivity index (χ3n) is 5.85. The standard InChI is InChI=1S/C19H23N5O.2C2HF3O2/c25-18(17-12-20-8-9-22-17)24-11-6-19(15-24)5-3-10-23(14-19)13-16-4-1-2-7-21-16;2*3-2(4,5)1(6)7/h1-2,4,7-9,12H,3,5-6,10-11,13-15H2;2*(H,6,7). The minimum atomic E-state index is -5.08. The number of halogens is 6. The third-order valence-corrected chi connectivity index (χ3v) is 5.85. The molecule has 214 valence electrons. The summed E-state index contributed by atoms with van der Waals surface area (Å²) in [6, 6.07) is 6.08. The van der Waals surface area contributed by atoms with Crippen molar-refractivity contribution in [3.05, 3.63) is 54.4 Å². The zero-order chi connectivity index (χ0) is 29.3. The number of aliphatic carboxylic acids is 2. The van der Waals surface area contributed by atoms with Gasteiger partial charge in [0.15, 0.2) is 0 Å². The fraction of sp³-hybridized carbons (Fsp3) is 0.478. The topological polar surface area (TPSA) is 137 Å². The van der Waals surface area contributed by atoms with Crippen LogP contribution in [-0.4, -0.2) is 91.3 Å². The van der Waals surface area contributed by atoms with Gasteiger partial charge in [0.1, 0.15) is 5.69 Å². The van der Waals surface area contributed by atoms with Crippen molar-refractivity contribution >= 4 is 17.8 Å². The van der Waals surface area contributed by atoms with E-state index in [4.69, 9.17) is 19.8 Å². The number of carboxylic acids is 2. The van der Waals surface area contributed by atoms with Gasteiger partial charge in [-0.2, -0.15) is 26.3 Å². The van der Waals surface area contributed by atoms with Crippen molar-refractivity contribution in [1.29, 1.82) is 0 Å². The Morgan fingerprint density at radius 2 is 1.51 bits per heavy atom. The molecule has 39 heavy (non-hydrogen) atoms. The number of hydrogen-bond donors (Lipinski definition) is 2. The molecule has 2 aliphatic rings. The van der Waals surface area contributed by atoms with E-state index in [2.05, 4.69) is 25.9 Å². The van der Waals surface area contributed by atoms with Crippen molar-refractivity contribution in [2.24, 2.45) is 5.41 Å². The van der Waals surface area contributed by atoms with E-state index in [1.54, 1.807) is 18.6 Å². The van der Waals surface area contributed by atoms with Gasteiger partial charge in [0.05, 0.1) is 11.9 Å². The lowest BCUT2D eigenvalue weighted by Gasteiger charge is -2.40. The molecule has 2 N–H and O–H groups in total. The first kappa shape index (κ1) is 31.4. The van der Waals surface area contributed by atoms with E-state index in [0.717, 1.165) is 44.8 Å². The number of pyridine rings is 1. The number of rotatable bonds is 3. The predicted octanol–water partition coefficient (Wildman–Crippen LogP) is 3.27. The summed E-state index contributed by atoms with van der Waals surface area (Å²) in [6.07, 6.45) is -0.145. The monoisotopic (exact) mass is 565 g/mol. The molecule has 4 rings (SSSR count). The number of alkyl halides is 6. The molecule has 2 saturated heterocycles. The lowest BCUT2D eigenvalue weighted by molar-refractivity contribution is -0.193. The molecule has 1 unspecified atom stereocenters. The first-order chi connectivity index (χ1) is 18.1. The first-order valence-electron chi connectivity index (χ1n) is 11.4. The zero-order valence-electron chi connectivity index (χ0n) is 20.3. The maximum absolute atomic E-state index is 12.6. The second kappa shape index (κ2) is 13.3. The average molecular weight is 565 g/mol. The Hall–Kier alpha value is -3.82. The Kier molecular flexibility index (Phi) is 10.7. The quantitative estimate of drug-likeness (QED) is 0.538. The summed E-state index contributed by atoms with van der Waals surface area (Å²) < 4.78 is 63.5. The van der Waals surface area contributed by atoms with Crippen LogP contribution >= 0.6 is 0 Å². The SMILES string of the molecule is O=C(O)C(F)(F)F.O=C(O)C(F)(F)F.O=C(c1cnccn1)N1CCC2(CCCN(Cc3ccccn3)C2)C1. The molecule has 4 heterocycles. The van der Waals surface area contributed by atoms with Crippen molar-refractivity contribution in [2.75, 3.05) is 26.2 Å². The van der Waals surface area contributed by atoms with Gasteiger partial charge in [-0.3, -0.25) is 19.7 Å². The Balaban J connectivity index is 0.000000317. The second-order valence-corrected chi connectivity index (χ2v) is 8.81. The summed E-state index contributed by atoms with van der Waals surface area (Å²) in [5.74, 6) is -5.51. The molecule has 0 aromatic carbocycles. The van der Waals surface area contributed by atoms with Crippen LogP contribution in [0.4, 0.5) is 26.3 Å². The summed E-state index contributed by atoms with van der Waals surface area (Å²) in [7, 11) is 0. The molecule has 2 aromatic rings. The number of carbonyl (C=O) groups is 3. The number of piperidine rings is 1.